The second-order valence-electron chi connectivity index (χ2n) is 4.07. The molecule has 0 radical (unpaired) electrons. The number of nitrogens with one attached hydrogen (secondary N) is 1. The summed E-state index contributed by atoms with van der Waals surface area (Å²) in [5.74, 6) is 0.596. The van der Waals surface area contributed by atoms with Gasteiger partial charge in [0.15, 0.2) is 0 Å². The molecule has 0 aromatic heterocycles. The van der Waals surface area contributed by atoms with E-state index in [9.17, 15) is 10.1 Å². The Bertz CT molecular complexity index is 403. The molecule has 16 heavy (non-hydrogen) atoms. The number of hydrogen-bond acceptors (Lipinski definition) is 3. The summed E-state index contributed by atoms with van der Waals surface area (Å²) < 4.78 is 0.631. The van der Waals surface area contributed by atoms with Gasteiger partial charge in [0.05, 0.1) is 9.40 Å². The average Bonchev–Trinajstić information content (AvgIpc) is 2.73. The number of halogens is 1. The second-order valence-corrected chi connectivity index (χ2v) is 4.86. The predicted octanol–water partition coefficient (Wildman–Crippen LogP) is 2.51. The summed E-state index contributed by atoms with van der Waals surface area (Å²) in [5.41, 5.74) is 1.19. The molecule has 1 unspecified atom stereocenters. The van der Waals surface area contributed by atoms with Crippen LogP contribution in [0.4, 0.5) is 5.69 Å². The SMILES string of the molecule is O=[N+]([O-])c1cccc(CC2CCNC2)c1Br. The Morgan fingerprint density at radius 1 is 1.56 bits per heavy atom. The van der Waals surface area contributed by atoms with Crippen LogP contribution in [0.15, 0.2) is 22.7 Å². The molecule has 0 aliphatic carbocycles. The maximum absolute atomic E-state index is 10.8. The number of nitrogens with zero attached hydrogens (tertiary/aromatic N) is 1. The zero-order chi connectivity index (χ0) is 11.5. The molecule has 1 N–H and O–H groups in total. The minimum absolute atomic E-state index is 0.156. The molecule has 1 heterocycles. The van der Waals surface area contributed by atoms with Gasteiger partial charge in [-0.05, 0) is 53.3 Å². The topological polar surface area (TPSA) is 55.2 Å². The van der Waals surface area contributed by atoms with E-state index in [0.29, 0.717) is 10.4 Å². The van der Waals surface area contributed by atoms with Crippen molar-refractivity contribution in [3.8, 4) is 0 Å². The van der Waals surface area contributed by atoms with Crippen molar-refractivity contribution in [2.24, 2.45) is 5.92 Å². The van der Waals surface area contributed by atoms with Crippen LogP contribution in [0.1, 0.15) is 12.0 Å². The van der Waals surface area contributed by atoms with Gasteiger partial charge in [-0.25, -0.2) is 0 Å². The molecule has 1 fully saturated rings. The Morgan fingerprint density at radius 3 is 3.00 bits per heavy atom. The fraction of sp³-hybridized carbons (Fsp3) is 0.455. The molecule has 5 heteroatoms. The molecule has 1 aromatic carbocycles. The van der Waals surface area contributed by atoms with Gasteiger partial charge in [0.25, 0.3) is 5.69 Å². The van der Waals surface area contributed by atoms with E-state index in [4.69, 9.17) is 0 Å². The van der Waals surface area contributed by atoms with Gasteiger partial charge < -0.3 is 5.32 Å². The van der Waals surface area contributed by atoms with Crippen molar-refractivity contribution in [2.45, 2.75) is 12.8 Å². The third-order valence-corrected chi connectivity index (χ3v) is 3.84. The largest absolute Gasteiger partial charge is 0.316 e. The van der Waals surface area contributed by atoms with Crippen molar-refractivity contribution in [2.75, 3.05) is 13.1 Å². The van der Waals surface area contributed by atoms with Crippen LogP contribution in [0.25, 0.3) is 0 Å². The summed E-state index contributed by atoms with van der Waals surface area (Å²) in [6.07, 6.45) is 2.05. The highest BCUT2D eigenvalue weighted by Gasteiger charge is 2.19. The lowest BCUT2D eigenvalue weighted by Crippen LogP contribution is -2.11. The van der Waals surface area contributed by atoms with Crippen LogP contribution in [-0.4, -0.2) is 18.0 Å². The molecule has 0 bridgehead atoms. The molecule has 1 atom stereocenters. The highest BCUT2D eigenvalue weighted by atomic mass is 79.9. The van der Waals surface area contributed by atoms with Crippen molar-refractivity contribution < 1.29 is 4.92 Å². The first-order valence-corrected chi connectivity index (χ1v) is 6.10. The van der Waals surface area contributed by atoms with Crippen LogP contribution < -0.4 is 5.32 Å². The Morgan fingerprint density at radius 2 is 2.38 bits per heavy atom. The number of rotatable bonds is 3. The van der Waals surface area contributed by atoms with Crippen molar-refractivity contribution in [1.82, 2.24) is 5.32 Å². The Kier molecular flexibility index (Phi) is 3.56. The van der Waals surface area contributed by atoms with E-state index < -0.39 is 0 Å². The Balaban J connectivity index is 2.20. The van der Waals surface area contributed by atoms with E-state index in [1.54, 1.807) is 6.07 Å². The third kappa shape index (κ3) is 2.41. The fourth-order valence-corrected chi connectivity index (χ4v) is 2.64. The molecular formula is C11H13BrN2O2. The maximum Gasteiger partial charge on any atom is 0.283 e. The average molecular weight is 285 g/mol. The van der Waals surface area contributed by atoms with Crippen molar-refractivity contribution in [3.05, 3.63) is 38.3 Å². The predicted molar refractivity (Wildman–Crippen MR) is 65.5 cm³/mol. The lowest BCUT2D eigenvalue weighted by atomic mass is 9.98. The molecule has 0 saturated carbocycles. The minimum Gasteiger partial charge on any atom is -0.316 e. The Hall–Kier alpha value is -0.940. The van der Waals surface area contributed by atoms with Gasteiger partial charge >= 0.3 is 0 Å². The van der Waals surface area contributed by atoms with E-state index in [1.165, 1.54) is 6.07 Å². The van der Waals surface area contributed by atoms with E-state index >= 15 is 0 Å². The van der Waals surface area contributed by atoms with Gasteiger partial charge in [-0.15, -0.1) is 0 Å². The van der Waals surface area contributed by atoms with Crippen LogP contribution in [0.2, 0.25) is 0 Å². The zero-order valence-corrected chi connectivity index (χ0v) is 10.4. The number of hydrogen-bond donors (Lipinski definition) is 1. The minimum atomic E-state index is -0.347. The van der Waals surface area contributed by atoms with Crippen LogP contribution in [-0.2, 0) is 6.42 Å². The standard InChI is InChI=1S/C11H13BrN2O2/c12-11-9(6-8-4-5-13-7-8)2-1-3-10(11)14(15)16/h1-3,8,13H,4-7H2. The van der Waals surface area contributed by atoms with E-state index in [0.717, 1.165) is 31.5 Å². The highest BCUT2D eigenvalue weighted by Crippen LogP contribution is 2.30. The number of nitro benzene ring substituents is 1. The summed E-state index contributed by atoms with van der Waals surface area (Å²) in [6, 6.07) is 5.23. The molecule has 0 amide bonds. The molecule has 1 saturated heterocycles. The molecular weight excluding hydrogens is 272 g/mol. The zero-order valence-electron chi connectivity index (χ0n) is 8.78. The third-order valence-electron chi connectivity index (χ3n) is 2.93. The lowest BCUT2D eigenvalue weighted by molar-refractivity contribution is -0.385. The summed E-state index contributed by atoms with van der Waals surface area (Å²) in [7, 11) is 0. The molecule has 0 spiro atoms. The fourth-order valence-electron chi connectivity index (χ4n) is 2.06. The molecule has 86 valence electrons. The summed E-state index contributed by atoms with van der Waals surface area (Å²) in [5, 5.41) is 14.1. The summed E-state index contributed by atoms with van der Waals surface area (Å²) in [6.45, 7) is 2.06. The number of nitro groups is 1. The first-order chi connectivity index (χ1) is 7.68. The second kappa shape index (κ2) is 4.93. The van der Waals surface area contributed by atoms with Crippen molar-refractivity contribution in [1.29, 1.82) is 0 Å². The number of benzene rings is 1. The maximum atomic E-state index is 10.8. The lowest BCUT2D eigenvalue weighted by Gasteiger charge is -2.09. The molecule has 1 aliphatic rings. The van der Waals surface area contributed by atoms with Crippen LogP contribution in [0.5, 0.6) is 0 Å². The Labute approximate surface area is 102 Å². The van der Waals surface area contributed by atoms with Gasteiger partial charge in [0.1, 0.15) is 0 Å². The molecule has 1 aliphatic heterocycles. The van der Waals surface area contributed by atoms with Crippen molar-refractivity contribution in [3.63, 3.8) is 0 Å². The highest BCUT2D eigenvalue weighted by molar-refractivity contribution is 9.10. The first kappa shape index (κ1) is 11.5. The van der Waals surface area contributed by atoms with Gasteiger partial charge in [-0.1, -0.05) is 12.1 Å². The van der Waals surface area contributed by atoms with Gasteiger partial charge in [-0.3, -0.25) is 10.1 Å². The van der Waals surface area contributed by atoms with E-state index in [-0.39, 0.29) is 10.6 Å². The van der Waals surface area contributed by atoms with Crippen LogP contribution in [0, 0.1) is 16.0 Å². The summed E-state index contributed by atoms with van der Waals surface area (Å²) >= 11 is 3.33. The van der Waals surface area contributed by atoms with Crippen molar-refractivity contribution >= 4 is 21.6 Å². The van der Waals surface area contributed by atoms with E-state index in [1.807, 2.05) is 6.07 Å². The molecule has 1 aromatic rings. The summed E-state index contributed by atoms with van der Waals surface area (Å²) in [4.78, 5) is 10.4. The van der Waals surface area contributed by atoms with Gasteiger partial charge in [0.2, 0.25) is 0 Å². The van der Waals surface area contributed by atoms with Gasteiger partial charge in [0, 0.05) is 6.07 Å². The monoisotopic (exact) mass is 284 g/mol. The van der Waals surface area contributed by atoms with E-state index in [2.05, 4.69) is 21.2 Å². The van der Waals surface area contributed by atoms with Crippen LogP contribution in [0.3, 0.4) is 0 Å². The molecule has 2 rings (SSSR count). The molecule has 4 nitrogen and oxygen atoms in total. The smallest absolute Gasteiger partial charge is 0.283 e. The quantitative estimate of drug-likeness (QED) is 0.685. The van der Waals surface area contributed by atoms with Crippen LogP contribution >= 0.6 is 15.9 Å². The first-order valence-electron chi connectivity index (χ1n) is 5.31. The normalized spacial score (nSPS) is 19.9. The van der Waals surface area contributed by atoms with Gasteiger partial charge in [-0.2, -0.15) is 0 Å².